The van der Waals surface area contributed by atoms with Gasteiger partial charge in [0.2, 0.25) is 0 Å². The minimum Gasteiger partial charge on any atom is -0.420 e. The highest BCUT2D eigenvalue weighted by atomic mass is 28.4. The fourth-order valence-electron chi connectivity index (χ4n) is 1.92. The zero-order valence-electron chi connectivity index (χ0n) is 10.5. The van der Waals surface area contributed by atoms with Crippen LogP contribution in [0.5, 0.6) is 0 Å². The molecule has 0 saturated carbocycles. The van der Waals surface area contributed by atoms with Crippen molar-refractivity contribution in [3.05, 3.63) is 0 Å². The van der Waals surface area contributed by atoms with Crippen LogP contribution in [0.25, 0.3) is 0 Å². The van der Waals surface area contributed by atoms with Crippen molar-refractivity contribution >= 4 is 8.32 Å². The lowest BCUT2D eigenvalue weighted by Crippen LogP contribution is -2.43. The smallest absolute Gasteiger partial charge is 0.186 e. The number of nitrogens with one attached hydrogen (secondary N) is 1. The van der Waals surface area contributed by atoms with E-state index >= 15 is 0 Å². The van der Waals surface area contributed by atoms with Crippen molar-refractivity contribution in [1.29, 1.82) is 0 Å². The minimum absolute atomic E-state index is 1.16. The molecule has 1 N–H and O–H groups in total. The molecule has 0 aromatic rings. The van der Waals surface area contributed by atoms with E-state index in [9.17, 15) is 0 Å². The summed E-state index contributed by atoms with van der Waals surface area (Å²) in [5, 5.41) is 3.38. The van der Waals surface area contributed by atoms with Gasteiger partial charge in [0.1, 0.15) is 0 Å². The van der Waals surface area contributed by atoms with Gasteiger partial charge in [0.25, 0.3) is 0 Å². The minimum atomic E-state index is -1.29. The number of hydrogen-bond donors (Lipinski definition) is 1. The molecule has 0 bridgehead atoms. The molecule has 1 fully saturated rings. The summed E-state index contributed by atoms with van der Waals surface area (Å²) in [5.41, 5.74) is 0. The highest BCUT2D eigenvalue weighted by Crippen LogP contribution is 2.14. The first-order valence-corrected chi connectivity index (χ1v) is 9.24. The van der Waals surface area contributed by atoms with Crippen LogP contribution in [-0.4, -0.2) is 53.1 Å². The van der Waals surface area contributed by atoms with Crippen LogP contribution in [-0.2, 0) is 4.43 Å². The van der Waals surface area contributed by atoms with Gasteiger partial charge in [-0.25, -0.2) is 0 Å². The summed E-state index contributed by atoms with van der Waals surface area (Å²) in [7, 11) is 0.569. The second-order valence-corrected chi connectivity index (χ2v) is 9.44. The summed E-state index contributed by atoms with van der Waals surface area (Å²) >= 11 is 0. The molecular weight excluding hydrogens is 204 g/mol. The second kappa shape index (κ2) is 6.63. The van der Waals surface area contributed by atoms with Crippen molar-refractivity contribution in [3.8, 4) is 0 Å². The zero-order valence-corrected chi connectivity index (χ0v) is 11.5. The lowest BCUT2D eigenvalue weighted by molar-refractivity contribution is 0.237. The Morgan fingerprint density at radius 2 is 1.87 bits per heavy atom. The molecule has 0 unspecified atom stereocenters. The van der Waals surface area contributed by atoms with E-state index in [-0.39, 0.29) is 0 Å². The molecule has 1 aliphatic heterocycles. The number of hydrogen-bond acceptors (Lipinski definition) is 3. The Balaban J connectivity index is 2.00. The predicted octanol–water partition coefficient (Wildman–Crippen LogP) is 1.52. The number of nitrogens with zero attached hydrogens (tertiary/aromatic N) is 1. The molecule has 0 aromatic carbocycles. The molecule has 0 aromatic heterocycles. The fourth-order valence-corrected chi connectivity index (χ4v) is 3.23. The summed E-state index contributed by atoms with van der Waals surface area (Å²) in [6.07, 6.45) is 2.66. The van der Waals surface area contributed by atoms with E-state index in [4.69, 9.17) is 4.43 Å². The third-order valence-electron chi connectivity index (χ3n) is 3.27. The lowest BCUT2D eigenvalue weighted by atomic mass is 10.3. The topological polar surface area (TPSA) is 24.5 Å². The number of piperazine rings is 1. The van der Waals surface area contributed by atoms with E-state index in [0.717, 1.165) is 13.1 Å². The normalized spacial score (nSPS) is 19.4. The van der Waals surface area contributed by atoms with Gasteiger partial charge >= 0.3 is 0 Å². The summed E-state index contributed by atoms with van der Waals surface area (Å²) in [6, 6.07) is 1.30. The number of unbranched alkanes of at least 4 members (excludes halogenated alkanes) is 1. The summed E-state index contributed by atoms with van der Waals surface area (Å²) in [5.74, 6) is 0. The van der Waals surface area contributed by atoms with Crippen LogP contribution in [0.4, 0.5) is 0 Å². The van der Waals surface area contributed by atoms with Crippen molar-refractivity contribution in [2.24, 2.45) is 0 Å². The van der Waals surface area contributed by atoms with E-state index in [1.807, 2.05) is 7.11 Å². The SMILES string of the molecule is CO[Si](C)(C)CCCCN1CCNCC1. The van der Waals surface area contributed by atoms with Gasteiger partial charge in [-0.15, -0.1) is 0 Å². The Kier molecular flexibility index (Phi) is 5.82. The van der Waals surface area contributed by atoms with Crippen LogP contribution in [0.15, 0.2) is 0 Å². The Bertz CT molecular complexity index is 170. The Labute approximate surface area is 95.3 Å². The lowest BCUT2D eigenvalue weighted by Gasteiger charge is -2.27. The number of rotatable bonds is 6. The molecule has 0 amide bonds. The summed E-state index contributed by atoms with van der Waals surface area (Å²) < 4.78 is 5.54. The van der Waals surface area contributed by atoms with E-state index < -0.39 is 8.32 Å². The Hall–Kier alpha value is 0.0969. The van der Waals surface area contributed by atoms with Gasteiger partial charge in [0.15, 0.2) is 8.32 Å². The van der Waals surface area contributed by atoms with Gasteiger partial charge in [-0.1, -0.05) is 6.42 Å². The van der Waals surface area contributed by atoms with Gasteiger partial charge in [-0.3, -0.25) is 0 Å². The quantitative estimate of drug-likeness (QED) is 0.553. The maximum Gasteiger partial charge on any atom is 0.186 e. The third-order valence-corrected chi connectivity index (χ3v) is 5.93. The molecule has 1 heterocycles. The van der Waals surface area contributed by atoms with Gasteiger partial charge in [0.05, 0.1) is 0 Å². The molecule has 0 aliphatic carbocycles. The highest BCUT2D eigenvalue weighted by Gasteiger charge is 2.19. The summed E-state index contributed by atoms with van der Waals surface area (Å²) in [6.45, 7) is 10.7. The molecular formula is C11H26N2OSi. The Morgan fingerprint density at radius 3 is 2.47 bits per heavy atom. The maximum absolute atomic E-state index is 5.54. The highest BCUT2D eigenvalue weighted by molar-refractivity contribution is 6.71. The van der Waals surface area contributed by atoms with Crippen LogP contribution >= 0.6 is 0 Å². The van der Waals surface area contributed by atoms with Crippen molar-refractivity contribution in [3.63, 3.8) is 0 Å². The first-order valence-electron chi connectivity index (χ1n) is 6.12. The Morgan fingerprint density at radius 1 is 1.20 bits per heavy atom. The standard InChI is InChI=1S/C11H26N2OSi/c1-14-15(2,3)11-5-4-8-13-9-6-12-7-10-13/h12H,4-11H2,1-3H3. The third kappa shape index (κ3) is 5.66. The molecule has 0 spiro atoms. The van der Waals surface area contributed by atoms with E-state index in [1.54, 1.807) is 0 Å². The van der Waals surface area contributed by atoms with Gasteiger partial charge in [0, 0.05) is 33.3 Å². The van der Waals surface area contributed by atoms with Crippen LogP contribution < -0.4 is 5.32 Å². The fraction of sp³-hybridized carbons (Fsp3) is 1.00. The van der Waals surface area contributed by atoms with Crippen LogP contribution in [0.2, 0.25) is 19.1 Å². The summed E-state index contributed by atoms with van der Waals surface area (Å²) in [4.78, 5) is 2.57. The van der Waals surface area contributed by atoms with Crippen LogP contribution in [0.3, 0.4) is 0 Å². The van der Waals surface area contributed by atoms with Gasteiger partial charge < -0.3 is 14.6 Å². The first kappa shape index (κ1) is 13.2. The van der Waals surface area contributed by atoms with Crippen LogP contribution in [0.1, 0.15) is 12.8 Å². The van der Waals surface area contributed by atoms with Crippen molar-refractivity contribution in [2.45, 2.75) is 32.0 Å². The molecule has 1 saturated heterocycles. The average Bonchev–Trinajstić information content (AvgIpc) is 2.26. The molecule has 3 nitrogen and oxygen atoms in total. The van der Waals surface area contributed by atoms with Crippen molar-refractivity contribution < 1.29 is 4.43 Å². The van der Waals surface area contributed by atoms with Crippen LogP contribution in [0, 0.1) is 0 Å². The second-order valence-electron chi connectivity index (χ2n) is 5.01. The van der Waals surface area contributed by atoms with E-state index in [0.29, 0.717) is 0 Å². The predicted molar refractivity (Wildman–Crippen MR) is 67.8 cm³/mol. The molecule has 0 atom stereocenters. The average molecular weight is 230 g/mol. The molecule has 4 heteroatoms. The largest absolute Gasteiger partial charge is 0.420 e. The maximum atomic E-state index is 5.54. The molecule has 15 heavy (non-hydrogen) atoms. The molecule has 0 radical (unpaired) electrons. The van der Waals surface area contributed by atoms with Gasteiger partial charge in [-0.05, 0) is 32.1 Å². The van der Waals surface area contributed by atoms with Crippen molar-refractivity contribution in [1.82, 2.24) is 10.2 Å². The van der Waals surface area contributed by atoms with E-state index in [2.05, 4.69) is 23.3 Å². The molecule has 90 valence electrons. The monoisotopic (exact) mass is 230 g/mol. The van der Waals surface area contributed by atoms with Crippen molar-refractivity contribution in [2.75, 3.05) is 39.8 Å². The molecule has 1 aliphatic rings. The first-order chi connectivity index (χ1) is 7.14. The van der Waals surface area contributed by atoms with E-state index in [1.165, 1.54) is 38.5 Å². The molecule has 1 rings (SSSR count). The van der Waals surface area contributed by atoms with Gasteiger partial charge in [-0.2, -0.15) is 0 Å². The zero-order chi connectivity index (χ0) is 11.1.